The lowest BCUT2D eigenvalue weighted by Gasteiger charge is -2.54. The van der Waals surface area contributed by atoms with Gasteiger partial charge in [0.1, 0.15) is 12.1 Å². The van der Waals surface area contributed by atoms with Crippen molar-refractivity contribution in [3.05, 3.63) is 11.1 Å². The van der Waals surface area contributed by atoms with Crippen molar-refractivity contribution in [3.8, 4) is 0 Å². The summed E-state index contributed by atoms with van der Waals surface area (Å²) in [6.07, 6.45) is 13.8. The topological polar surface area (TPSA) is 72.0 Å². The average Bonchev–Trinajstić information content (AvgIpc) is 3.23. The maximum absolute atomic E-state index is 11.9. The third-order valence-corrected chi connectivity index (χ3v) is 13.0. The molecule has 6 rings (SSSR count). The van der Waals surface area contributed by atoms with E-state index in [0.29, 0.717) is 29.4 Å². The van der Waals surface area contributed by atoms with E-state index in [4.69, 9.17) is 4.74 Å². The highest BCUT2D eigenvalue weighted by molar-refractivity contribution is 7.88. The minimum atomic E-state index is -3.13. The van der Waals surface area contributed by atoms with Crippen molar-refractivity contribution in [2.24, 2.45) is 40.9 Å². The van der Waals surface area contributed by atoms with Gasteiger partial charge in [-0.1, -0.05) is 39.3 Å². The number of sulfonamides is 1. The molecule has 0 bridgehead atoms. The standard InChI is InChI=1S/C29H48N2O3S.CH4/c1-17-12-26-27(30-16-17)19(3)29(34-26)11-9-22-23-7-6-20-13-21(31-35(5,32)33)8-10-28(20,4)25(23)14-24(22)18(2)15-29;/h17,19-23,25-27,30-31H,6-16H2,1-5H3;1H4/p+1/t17-,19+,20+,21+,22-,23-,25-,26+,27-,28-,29-;/m0./s1. The zero-order valence-corrected chi connectivity index (χ0v) is 23.5. The van der Waals surface area contributed by atoms with E-state index in [1.807, 2.05) is 0 Å². The summed E-state index contributed by atoms with van der Waals surface area (Å²) in [4.78, 5) is 0. The van der Waals surface area contributed by atoms with E-state index in [1.54, 1.807) is 11.1 Å². The van der Waals surface area contributed by atoms with E-state index in [1.165, 1.54) is 57.7 Å². The van der Waals surface area contributed by atoms with Gasteiger partial charge in [-0.3, -0.25) is 0 Å². The van der Waals surface area contributed by atoms with Crippen LogP contribution in [0.1, 0.15) is 99.3 Å². The van der Waals surface area contributed by atoms with Crippen molar-refractivity contribution in [3.63, 3.8) is 0 Å². The van der Waals surface area contributed by atoms with Gasteiger partial charge in [-0.05, 0) is 100 Å². The van der Waals surface area contributed by atoms with Gasteiger partial charge in [0.15, 0.2) is 0 Å². The first-order chi connectivity index (χ1) is 16.5. The number of fused-ring (bicyclic) bond motifs is 6. The number of rotatable bonds is 2. The highest BCUT2D eigenvalue weighted by Crippen LogP contribution is 2.65. The summed E-state index contributed by atoms with van der Waals surface area (Å²) in [6.45, 7) is 11.2. The smallest absolute Gasteiger partial charge is 0.208 e. The monoisotopic (exact) mass is 521 g/mol. The summed E-state index contributed by atoms with van der Waals surface area (Å²) in [5.41, 5.74) is 3.89. The molecular formula is C30H53N2O3S+. The van der Waals surface area contributed by atoms with Crippen molar-refractivity contribution < 1.29 is 18.5 Å². The summed E-state index contributed by atoms with van der Waals surface area (Å²) in [5.74, 6) is 4.42. The van der Waals surface area contributed by atoms with Gasteiger partial charge in [0.25, 0.3) is 0 Å². The fourth-order valence-corrected chi connectivity index (χ4v) is 11.2. The van der Waals surface area contributed by atoms with Gasteiger partial charge in [-0.25, -0.2) is 13.1 Å². The van der Waals surface area contributed by atoms with Crippen molar-refractivity contribution in [2.75, 3.05) is 12.8 Å². The van der Waals surface area contributed by atoms with Crippen LogP contribution in [0.25, 0.3) is 0 Å². The lowest BCUT2D eigenvalue weighted by Crippen LogP contribution is -2.96. The molecule has 2 aliphatic heterocycles. The predicted molar refractivity (Wildman–Crippen MR) is 146 cm³/mol. The molecule has 2 saturated heterocycles. The Labute approximate surface area is 221 Å². The quantitative estimate of drug-likeness (QED) is 0.520. The third-order valence-electron chi connectivity index (χ3n) is 12.2. The Kier molecular flexibility index (Phi) is 7.05. The number of allylic oxidation sites excluding steroid dienone is 1. The maximum Gasteiger partial charge on any atom is 0.208 e. The highest BCUT2D eigenvalue weighted by atomic mass is 32.2. The Morgan fingerprint density at radius 1 is 1.08 bits per heavy atom. The Morgan fingerprint density at radius 3 is 2.61 bits per heavy atom. The SMILES string of the molecule is C.CC1=C2C[C@H]3[C@@H](CC[C@@H]4C[C@H](NS(C)(=O)=O)CC[C@@]43C)[C@@H]2CC[C@@]2(C1)O[C@@H]1C[C@H](C)C[NH2+][C@H]1[C@H]2C. The summed E-state index contributed by atoms with van der Waals surface area (Å²) in [5, 5.41) is 2.61. The van der Waals surface area contributed by atoms with Crippen LogP contribution in [0.3, 0.4) is 0 Å². The Balaban J connectivity index is 0.00000267. The normalized spacial score (nSPS) is 50.5. The zero-order chi connectivity index (χ0) is 24.8. The molecule has 36 heavy (non-hydrogen) atoms. The molecule has 0 radical (unpaired) electrons. The van der Waals surface area contributed by atoms with Crippen molar-refractivity contribution in [1.29, 1.82) is 0 Å². The van der Waals surface area contributed by atoms with Crippen LogP contribution in [-0.2, 0) is 14.8 Å². The molecule has 3 N–H and O–H groups in total. The molecule has 0 aromatic rings. The van der Waals surface area contributed by atoms with Crippen molar-refractivity contribution >= 4 is 10.0 Å². The molecule has 0 aromatic carbocycles. The molecular weight excluding hydrogens is 468 g/mol. The van der Waals surface area contributed by atoms with Gasteiger partial charge >= 0.3 is 0 Å². The summed E-state index contributed by atoms with van der Waals surface area (Å²) >= 11 is 0. The molecule has 6 heteroatoms. The van der Waals surface area contributed by atoms with Crippen LogP contribution in [0, 0.1) is 40.9 Å². The van der Waals surface area contributed by atoms with Crippen molar-refractivity contribution in [2.45, 2.75) is 123 Å². The largest absolute Gasteiger partial charge is 0.365 e. The zero-order valence-electron chi connectivity index (χ0n) is 22.7. The van der Waals surface area contributed by atoms with Gasteiger partial charge in [0.05, 0.1) is 18.4 Å². The Bertz CT molecular complexity index is 994. The lowest BCUT2D eigenvalue weighted by molar-refractivity contribution is -0.710. The highest BCUT2D eigenvalue weighted by Gasteiger charge is 2.60. The van der Waals surface area contributed by atoms with Gasteiger partial charge in [-0.15, -0.1) is 0 Å². The second kappa shape index (κ2) is 9.34. The van der Waals surface area contributed by atoms with Crippen LogP contribution in [0.4, 0.5) is 0 Å². The first kappa shape index (κ1) is 27.1. The Hall–Kier alpha value is -0.430. The summed E-state index contributed by atoms with van der Waals surface area (Å²) in [6, 6.07) is 0.788. The van der Waals surface area contributed by atoms with Crippen LogP contribution in [0.2, 0.25) is 0 Å². The predicted octanol–water partition coefficient (Wildman–Crippen LogP) is 4.64. The molecule has 0 aromatic heterocycles. The van der Waals surface area contributed by atoms with E-state index in [0.717, 1.165) is 42.9 Å². The third kappa shape index (κ3) is 4.34. The van der Waals surface area contributed by atoms with Crippen LogP contribution < -0.4 is 10.0 Å². The lowest BCUT2D eigenvalue weighted by atomic mass is 9.52. The minimum Gasteiger partial charge on any atom is -0.365 e. The van der Waals surface area contributed by atoms with E-state index in [9.17, 15) is 8.42 Å². The van der Waals surface area contributed by atoms with E-state index >= 15 is 0 Å². The fourth-order valence-electron chi connectivity index (χ4n) is 10.4. The second-order valence-corrected chi connectivity index (χ2v) is 15.9. The molecule has 0 amide bonds. The van der Waals surface area contributed by atoms with Gasteiger partial charge < -0.3 is 10.1 Å². The molecule has 4 aliphatic carbocycles. The minimum absolute atomic E-state index is 0. The number of hydrogen-bond donors (Lipinski definition) is 2. The Morgan fingerprint density at radius 2 is 1.86 bits per heavy atom. The molecule has 2 heterocycles. The molecule has 5 fully saturated rings. The van der Waals surface area contributed by atoms with Gasteiger partial charge in [-0.2, -0.15) is 0 Å². The van der Waals surface area contributed by atoms with E-state index in [-0.39, 0.29) is 19.1 Å². The molecule has 11 atom stereocenters. The summed E-state index contributed by atoms with van der Waals surface area (Å²) in [7, 11) is -3.13. The number of ether oxygens (including phenoxy) is 1. The van der Waals surface area contributed by atoms with Crippen LogP contribution in [0.5, 0.6) is 0 Å². The van der Waals surface area contributed by atoms with Gasteiger partial charge in [0, 0.05) is 17.9 Å². The number of hydrogen-bond acceptors (Lipinski definition) is 3. The van der Waals surface area contributed by atoms with Crippen LogP contribution in [0.15, 0.2) is 11.1 Å². The number of quaternary nitrogens is 1. The first-order valence-electron chi connectivity index (χ1n) is 14.7. The second-order valence-electron chi connectivity index (χ2n) is 14.1. The molecule has 206 valence electrons. The van der Waals surface area contributed by atoms with E-state index in [2.05, 4.69) is 37.7 Å². The molecule has 0 unspecified atom stereocenters. The van der Waals surface area contributed by atoms with E-state index < -0.39 is 10.0 Å². The summed E-state index contributed by atoms with van der Waals surface area (Å²) < 4.78 is 33.7. The molecule has 3 saturated carbocycles. The molecule has 1 spiro atoms. The van der Waals surface area contributed by atoms with Crippen LogP contribution >= 0.6 is 0 Å². The van der Waals surface area contributed by atoms with Gasteiger partial charge in [0.2, 0.25) is 10.0 Å². The van der Waals surface area contributed by atoms with Crippen molar-refractivity contribution in [1.82, 2.24) is 4.72 Å². The number of nitrogens with two attached hydrogens (primary N) is 1. The molecule has 5 nitrogen and oxygen atoms in total. The fraction of sp³-hybridized carbons (Fsp3) is 0.933. The average molecular weight is 522 g/mol. The van der Waals surface area contributed by atoms with Crippen LogP contribution in [-0.4, -0.2) is 45.0 Å². The number of nitrogens with one attached hydrogen (secondary N) is 1. The first-order valence-corrected chi connectivity index (χ1v) is 16.6. The molecule has 6 aliphatic rings. The number of piperidine rings is 1. The maximum atomic E-state index is 11.9.